The van der Waals surface area contributed by atoms with E-state index in [2.05, 4.69) is 53.7 Å². The molecule has 0 aromatic carbocycles. The lowest BCUT2D eigenvalue weighted by Crippen LogP contribution is -2.44. The molecule has 0 aliphatic heterocycles. The average molecular weight is 222 g/mol. The van der Waals surface area contributed by atoms with E-state index in [4.69, 9.17) is 0 Å². The summed E-state index contributed by atoms with van der Waals surface area (Å²) in [4.78, 5) is 0. The van der Waals surface area contributed by atoms with Crippen LogP contribution in [0.15, 0.2) is 23.3 Å². The van der Waals surface area contributed by atoms with E-state index in [0.717, 1.165) is 5.57 Å². The molecule has 0 aromatic rings. The van der Waals surface area contributed by atoms with Crippen molar-refractivity contribution in [1.29, 1.82) is 0 Å². The topological polar surface area (TPSA) is 20.2 Å². The van der Waals surface area contributed by atoms with Gasteiger partial charge in [-0.3, -0.25) is 0 Å². The third kappa shape index (κ3) is 2.40. The Morgan fingerprint density at radius 3 is 2.19 bits per heavy atom. The Balaban J connectivity index is 3.24. The predicted octanol–water partition coefficient (Wildman–Crippen LogP) is 3.94. The van der Waals surface area contributed by atoms with Crippen molar-refractivity contribution in [3.05, 3.63) is 23.3 Å². The lowest BCUT2D eigenvalue weighted by molar-refractivity contribution is 0.0175. The van der Waals surface area contributed by atoms with Gasteiger partial charge in [0.1, 0.15) is 0 Å². The summed E-state index contributed by atoms with van der Waals surface area (Å²) < 4.78 is 0. The summed E-state index contributed by atoms with van der Waals surface area (Å²) >= 11 is 0. The lowest BCUT2D eigenvalue weighted by Gasteiger charge is -2.44. The van der Waals surface area contributed by atoms with Crippen molar-refractivity contribution in [1.82, 2.24) is 0 Å². The minimum atomic E-state index is -0.716. The van der Waals surface area contributed by atoms with Crippen molar-refractivity contribution in [3.8, 4) is 0 Å². The van der Waals surface area contributed by atoms with Crippen LogP contribution in [0.2, 0.25) is 0 Å². The Bertz CT molecular complexity index is 324. The first-order valence-corrected chi connectivity index (χ1v) is 6.20. The highest BCUT2D eigenvalue weighted by Gasteiger charge is 2.42. The summed E-state index contributed by atoms with van der Waals surface area (Å²) in [6.45, 7) is 14.9. The van der Waals surface area contributed by atoms with Crippen LogP contribution in [0.3, 0.4) is 0 Å². The zero-order chi connectivity index (χ0) is 12.7. The molecule has 1 rings (SSSR count). The fourth-order valence-corrected chi connectivity index (χ4v) is 2.86. The van der Waals surface area contributed by atoms with Gasteiger partial charge in [0.25, 0.3) is 0 Å². The van der Waals surface area contributed by atoms with Crippen molar-refractivity contribution in [3.63, 3.8) is 0 Å². The molecule has 0 amide bonds. The largest absolute Gasteiger partial charge is 0.385 e. The highest BCUT2D eigenvalue weighted by Crippen LogP contribution is 2.44. The van der Waals surface area contributed by atoms with E-state index in [1.54, 1.807) is 0 Å². The normalized spacial score (nSPS) is 31.4. The predicted molar refractivity (Wildman–Crippen MR) is 70.2 cm³/mol. The Morgan fingerprint density at radius 2 is 1.81 bits per heavy atom. The highest BCUT2D eigenvalue weighted by atomic mass is 16.3. The van der Waals surface area contributed by atoms with Gasteiger partial charge < -0.3 is 5.11 Å². The molecule has 0 bridgehead atoms. The SMILES string of the molecule is CC1=CC(C(C)C)C(C)(O)C(C(C)(C)C)=C1. The fourth-order valence-electron chi connectivity index (χ4n) is 2.86. The second kappa shape index (κ2) is 4.03. The van der Waals surface area contributed by atoms with E-state index in [1.165, 1.54) is 5.57 Å². The minimum Gasteiger partial charge on any atom is -0.385 e. The van der Waals surface area contributed by atoms with Gasteiger partial charge in [-0.1, -0.05) is 52.3 Å². The molecule has 1 heteroatoms. The summed E-state index contributed by atoms with van der Waals surface area (Å²) in [6, 6.07) is 0. The van der Waals surface area contributed by atoms with Gasteiger partial charge in [-0.15, -0.1) is 0 Å². The van der Waals surface area contributed by atoms with Gasteiger partial charge in [0.2, 0.25) is 0 Å². The molecule has 92 valence electrons. The van der Waals surface area contributed by atoms with Gasteiger partial charge >= 0.3 is 0 Å². The second-order valence-electron chi connectivity index (χ2n) is 6.64. The Labute approximate surface area is 100 Å². The maximum absolute atomic E-state index is 10.8. The van der Waals surface area contributed by atoms with Gasteiger partial charge in [0, 0.05) is 5.92 Å². The van der Waals surface area contributed by atoms with Gasteiger partial charge in [0.15, 0.2) is 0 Å². The molecular formula is C15H26O. The van der Waals surface area contributed by atoms with Crippen molar-refractivity contribution in [2.24, 2.45) is 17.3 Å². The van der Waals surface area contributed by atoms with Crippen LogP contribution in [0.5, 0.6) is 0 Å². The third-order valence-corrected chi connectivity index (χ3v) is 3.54. The first-order chi connectivity index (χ1) is 7.06. The van der Waals surface area contributed by atoms with E-state index < -0.39 is 5.60 Å². The standard InChI is InChI=1S/C15H26O/c1-10(2)12-8-11(3)9-13(14(4,5)6)15(12,7)16/h8-10,12,16H,1-7H3. The number of allylic oxidation sites excluding steroid dienone is 2. The Morgan fingerprint density at radius 1 is 1.31 bits per heavy atom. The molecule has 1 nitrogen and oxygen atoms in total. The molecule has 16 heavy (non-hydrogen) atoms. The maximum atomic E-state index is 10.8. The molecule has 1 aliphatic rings. The van der Waals surface area contributed by atoms with Crippen molar-refractivity contribution >= 4 is 0 Å². The summed E-state index contributed by atoms with van der Waals surface area (Å²) in [6.07, 6.45) is 4.36. The molecule has 0 radical (unpaired) electrons. The van der Waals surface area contributed by atoms with Crippen LogP contribution in [-0.4, -0.2) is 10.7 Å². The van der Waals surface area contributed by atoms with E-state index in [1.807, 2.05) is 6.92 Å². The first kappa shape index (κ1) is 13.5. The molecule has 0 heterocycles. The summed E-state index contributed by atoms with van der Waals surface area (Å²) in [5.41, 5.74) is 1.73. The molecule has 0 saturated carbocycles. The van der Waals surface area contributed by atoms with Crippen LogP contribution in [0, 0.1) is 17.3 Å². The molecule has 0 saturated heterocycles. The van der Waals surface area contributed by atoms with E-state index in [9.17, 15) is 5.11 Å². The van der Waals surface area contributed by atoms with Gasteiger partial charge in [-0.05, 0) is 30.8 Å². The Kier molecular flexibility index (Phi) is 3.40. The molecule has 0 spiro atoms. The van der Waals surface area contributed by atoms with Gasteiger partial charge in [0.05, 0.1) is 5.60 Å². The van der Waals surface area contributed by atoms with Crippen molar-refractivity contribution in [2.75, 3.05) is 0 Å². The molecule has 0 fully saturated rings. The molecule has 0 aromatic heterocycles. The highest BCUT2D eigenvalue weighted by molar-refractivity contribution is 5.38. The van der Waals surface area contributed by atoms with Crippen LogP contribution < -0.4 is 0 Å². The fraction of sp³-hybridized carbons (Fsp3) is 0.733. The summed E-state index contributed by atoms with van der Waals surface area (Å²) in [7, 11) is 0. The van der Waals surface area contributed by atoms with Crippen molar-refractivity contribution < 1.29 is 5.11 Å². The maximum Gasteiger partial charge on any atom is 0.0901 e. The number of aliphatic hydroxyl groups is 1. The molecule has 2 unspecified atom stereocenters. The van der Waals surface area contributed by atoms with Crippen LogP contribution in [0.4, 0.5) is 0 Å². The summed E-state index contributed by atoms with van der Waals surface area (Å²) in [5.74, 6) is 0.669. The van der Waals surface area contributed by atoms with E-state index in [0.29, 0.717) is 5.92 Å². The van der Waals surface area contributed by atoms with Crippen LogP contribution >= 0.6 is 0 Å². The van der Waals surface area contributed by atoms with Crippen molar-refractivity contribution in [2.45, 2.75) is 54.1 Å². The zero-order valence-electron chi connectivity index (χ0n) is 11.8. The first-order valence-electron chi connectivity index (χ1n) is 6.20. The van der Waals surface area contributed by atoms with E-state index >= 15 is 0 Å². The number of hydrogen-bond donors (Lipinski definition) is 1. The molecule has 2 atom stereocenters. The smallest absolute Gasteiger partial charge is 0.0901 e. The van der Waals surface area contributed by atoms with E-state index in [-0.39, 0.29) is 11.3 Å². The van der Waals surface area contributed by atoms with Gasteiger partial charge in [-0.25, -0.2) is 0 Å². The van der Waals surface area contributed by atoms with Gasteiger partial charge in [-0.2, -0.15) is 0 Å². The monoisotopic (exact) mass is 222 g/mol. The average Bonchev–Trinajstić information content (AvgIpc) is 2.05. The molecular weight excluding hydrogens is 196 g/mol. The van der Waals surface area contributed by atoms with Crippen LogP contribution in [0.1, 0.15) is 48.5 Å². The number of hydrogen-bond acceptors (Lipinski definition) is 1. The second-order valence-corrected chi connectivity index (χ2v) is 6.64. The Hall–Kier alpha value is -0.560. The number of rotatable bonds is 1. The lowest BCUT2D eigenvalue weighted by atomic mass is 9.65. The quantitative estimate of drug-likeness (QED) is 0.712. The minimum absolute atomic E-state index is 0.0200. The van der Waals surface area contributed by atoms with Crippen LogP contribution in [0.25, 0.3) is 0 Å². The molecule has 1 N–H and O–H groups in total. The molecule has 1 aliphatic carbocycles. The summed E-state index contributed by atoms with van der Waals surface area (Å²) in [5, 5.41) is 10.8. The third-order valence-electron chi connectivity index (χ3n) is 3.54. The zero-order valence-corrected chi connectivity index (χ0v) is 11.8. The van der Waals surface area contributed by atoms with Crippen LogP contribution in [-0.2, 0) is 0 Å².